The lowest BCUT2D eigenvalue weighted by Gasteiger charge is -2.09. The fraction of sp³-hybridized carbons (Fsp3) is 0. The molecule has 0 atom stereocenters. The Kier molecular flexibility index (Phi) is 3.89. The van der Waals surface area contributed by atoms with E-state index in [9.17, 15) is 0 Å². The van der Waals surface area contributed by atoms with E-state index in [1.165, 1.54) is 48.5 Å². The fourth-order valence-electron chi connectivity index (χ4n) is 4.62. The Balaban J connectivity index is 2.14. The molecule has 0 nitrogen and oxygen atoms in total. The average Bonchev–Trinajstić information content (AvgIpc) is 2.84. The molecule has 0 aliphatic heterocycles. The van der Waals surface area contributed by atoms with Gasteiger partial charge in [0, 0.05) is 0 Å². The SMILES string of the molecule is [c]1[c]c2c(cc1)c1ccccc1c1ccccc1c1ccccc1c1ccccc21. The second-order valence-corrected chi connectivity index (χ2v) is 7.57. The lowest BCUT2D eigenvalue weighted by molar-refractivity contribution is 1.76. The number of hydrogen-bond donors (Lipinski definition) is 0. The van der Waals surface area contributed by atoms with Gasteiger partial charge in [0.25, 0.3) is 0 Å². The van der Waals surface area contributed by atoms with Crippen LogP contribution in [0.15, 0.2) is 109 Å². The molecular weight excluding hydrogens is 360 g/mol. The van der Waals surface area contributed by atoms with Gasteiger partial charge in [0.2, 0.25) is 0 Å². The van der Waals surface area contributed by atoms with Gasteiger partial charge in [0.05, 0.1) is 0 Å². The van der Waals surface area contributed by atoms with Crippen LogP contribution in [-0.2, 0) is 0 Å². The summed E-state index contributed by atoms with van der Waals surface area (Å²) in [6, 6.07) is 45.5. The molecular formula is C30H18. The van der Waals surface area contributed by atoms with Crippen LogP contribution in [0.2, 0.25) is 0 Å². The van der Waals surface area contributed by atoms with Crippen molar-refractivity contribution in [1.29, 1.82) is 0 Å². The van der Waals surface area contributed by atoms with Crippen molar-refractivity contribution in [3.8, 4) is 0 Å². The molecule has 0 fully saturated rings. The minimum atomic E-state index is 1.09. The van der Waals surface area contributed by atoms with Crippen molar-refractivity contribution in [2.24, 2.45) is 0 Å². The van der Waals surface area contributed by atoms with Crippen molar-refractivity contribution in [2.75, 3.05) is 0 Å². The van der Waals surface area contributed by atoms with Crippen LogP contribution in [0.25, 0.3) is 53.9 Å². The molecule has 30 heavy (non-hydrogen) atoms. The molecule has 0 unspecified atom stereocenters. The van der Waals surface area contributed by atoms with E-state index < -0.39 is 0 Å². The van der Waals surface area contributed by atoms with E-state index in [2.05, 4.69) is 115 Å². The molecule has 0 bridgehead atoms. The van der Waals surface area contributed by atoms with Crippen molar-refractivity contribution in [3.05, 3.63) is 121 Å². The molecule has 0 heterocycles. The molecule has 0 aliphatic rings. The summed E-state index contributed by atoms with van der Waals surface area (Å²) in [6.07, 6.45) is 0. The maximum Gasteiger partial charge on any atom is -0.000740 e. The molecule has 0 saturated heterocycles. The van der Waals surface area contributed by atoms with E-state index >= 15 is 0 Å². The molecule has 6 rings (SSSR count). The Morgan fingerprint density at radius 3 is 1.03 bits per heavy atom. The Bertz CT molecular complexity index is 1180. The van der Waals surface area contributed by atoms with Gasteiger partial charge in [-0.2, -0.15) is 0 Å². The maximum absolute atomic E-state index is 3.43. The average molecular weight is 378 g/mol. The Morgan fingerprint density at radius 2 is 0.633 bits per heavy atom. The minimum Gasteiger partial charge on any atom is -0.0616 e. The third-order valence-corrected chi connectivity index (χ3v) is 5.94. The quantitative estimate of drug-likeness (QED) is 0.250. The summed E-state index contributed by atoms with van der Waals surface area (Å²) >= 11 is 0. The molecule has 0 aromatic heterocycles. The molecule has 6 aromatic rings. The van der Waals surface area contributed by atoms with E-state index in [1.807, 2.05) is 6.07 Å². The van der Waals surface area contributed by atoms with Gasteiger partial charge in [0.15, 0.2) is 0 Å². The van der Waals surface area contributed by atoms with Crippen LogP contribution in [0.1, 0.15) is 0 Å². The highest BCUT2D eigenvalue weighted by Gasteiger charge is 2.07. The first-order valence-corrected chi connectivity index (χ1v) is 10.2. The predicted octanol–water partition coefficient (Wildman–Crippen LogP) is 8.18. The summed E-state index contributed by atoms with van der Waals surface area (Å²) in [6.45, 7) is 0. The van der Waals surface area contributed by atoms with Crippen LogP contribution in [-0.4, -0.2) is 0 Å². The van der Waals surface area contributed by atoms with Crippen molar-refractivity contribution >= 4 is 53.9 Å². The standard InChI is InChI=1S/C30H18/c1-2-12-22-21(11-1)23-13-3-4-15-25(23)27-17-7-8-19-29(27)30-20-10-9-18-28(30)26-16-6-5-14-24(22)26/h1-9,11-19H. The van der Waals surface area contributed by atoms with Crippen LogP contribution >= 0.6 is 0 Å². The molecule has 0 amide bonds. The smallest absolute Gasteiger partial charge is 0.000740 e. The van der Waals surface area contributed by atoms with E-state index in [1.54, 1.807) is 0 Å². The second-order valence-electron chi connectivity index (χ2n) is 7.57. The first-order chi connectivity index (χ1) is 14.9. The highest BCUT2D eigenvalue weighted by Crippen LogP contribution is 2.35. The summed E-state index contributed by atoms with van der Waals surface area (Å²) in [4.78, 5) is 0. The molecule has 0 heteroatoms. The number of fused-ring (bicyclic) bond motifs is 10. The first-order valence-electron chi connectivity index (χ1n) is 10.2. The van der Waals surface area contributed by atoms with Crippen molar-refractivity contribution in [1.82, 2.24) is 0 Å². The van der Waals surface area contributed by atoms with Crippen molar-refractivity contribution in [2.45, 2.75) is 0 Å². The molecule has 6 aromatic carbocycles. The molecule has 0 saturated carbocycles. The molecule has 0 N–H and O–H groups in total. The topological polar surface area (TPSA) is 0 Å². The van der Waals surface area contributed by atoms with Gasteiger partial charge in [-0.15, -0.1) is 0 Å². The zero-order valence-electron chi connectivity index (χ0n) is 16.4. The van der Waals surface area contributed by atoms with Crippen LogP contribution in [0.4, 0.5) is 0 Å². The van der Waals surface area contributed by atoms with Crippen LogP contribution in [0.5, 0.6) is 0 Å². The number of hydrogen-bond acceptors (Lipinski definition) is 0. The van der Waals surface area contributed by atoms with Gasteiger partial charge in [-0.3, -0.25) is 0 Å². The van der Waals surface area contributed by atoms with Crippen LogP contribution in [0, 0.1) is 12.1 Å². The van der Waals surface area contributed by atoms with E-state index in [-0.39, 0.29) is 0 Å². The lowest BCUT2D eigenvalue weighted by Crippen LogP contribution is -1.82. The predicted molar refractivity (Wildman–Crippen MR) is 129 cm³/mol. The van der Waals surface area contributed by atoms with Crippen molar-refractivity contribution < 1.29 is 0 Å². The number of rotatable bonds is 0. The minimum absolute atomic E-state index is 1.09. The summed E-state index contributed by atoms with van der Waals surface area (Å²) < 4.78 is 0. The highest BCUT2D eigenvalue weighted by molar-refractivity contribution is 6.25. The van der Waals surface area contributed by atoms with Crippen molar-refractivity contribution in [3.63, 3.8) is 0 Å². The fourth-order valence-corrected chi connectivity index (χ4v) is 4.62. The summed E-state index contributed by atoms with van der Waals surface area (Å²) in [5.41, 5.74) is 0. The molecule has 2 radical (unpaired) electrons. The van der Waals surface area contributed by atoms with Gasteiger partial charge < -0.3 is 0 Å². The molecule has 0 spiro atoms. The Labute approximate surface area is 175 Å². The molecule has 0 aliphatic carbocycles. The van der Waals surface area contributed by atoms with Crippen LogP contribution in [0.3, 0.4) is 0 Å². The first kappa shape index (κ1) is 17.0. The van der Waals surface area contributed by atoms with Gasteiger partial charge >= 0.3 is 0 Å². The Morgan fingerprint density at radius 1 is 0.333 bits per heavy atom. The molecule has 138 valence electrons. The van der Waals surface area contributed by atoms with E-state index in [0.29, 0.717) is 0 Å². The summed E-state index contributed by atoms with van der Waals surface area (Å²) in [7, 11) is 0. The largest absolute Gasteiger partial charge is 0.0616 e. The second kappa shape index (κ2) is 6.86. The lowest BCUT2D eigenvalue weighted by atomic mass is 9.95. The van der Waals surface area contributed by atoms with Gasteiger partial charge in [-0.1, -0.05) is 109 Å². The third-order valence-electron chi connectivity index (χ3n) is 5.94. The Hall–Kier alpha value is -3.90. The summed E-state index contributed by atoms with van der Waals surface area (Å²) in [5, 5.41) is 12.1. The zero-order chi connectivity index (χ0) is 19.9. The summed E-state index contributed by atoms with van der Waals surface area (Å²) in [5.74, 6) is 0. The maximum atomic E-state index is 3.43. The normalized spacial score (nSPS) is 11.3. The van der Waals surface area contributed by atoms with Crippen LogP contribution < -0.4 is 0 Å². The number of benzene rings is 5. The zero-order valence-corrected chi connectivity index (χ0v) is 16.4. The monoisotopic (exact) mass is 378 g/mol. The van der Waals surface area contributed by atoms with E-state index in [4.69, 9.17) is 0 Å². The van der Waals surface area contributed by atoms with E-state index in [0.717, 1.165) is 5.39 Å². The van der Waals surface area contributed by atoms with Gasteiger partial charge in [-0.05, 0) is 66.0 Å². The van der Waals surface area contributed by atoms with Gasteiger partial charge in [-0.25, -0.2) is 0 Å². The van der Waals surface area contributed by atoms with Gasteiger partial charge in [0.1, 0.15) is 0 Å². The third kappa shape index (κ3) is 2.54. The highest BCUT2D eigenvalue weighted by atomic mass is 14.1.